The van der Waals surface area contributed by atoms with Crippen LogP contribution in [0.25, 0.3) is 22.5 Å². The number of rotatable bonds is 5. The average molecular weight is 449 g/mol. The number of ether oxygens (including phenoxy) is 1. The molecule has 0 fully saturated rings. The van der Waals surface area contributed by atoms with Gasteiger partial charge in [-0.1, -0.05) is 48.5 Å². The zero-order chi connectivity index (χ0) is 21.2. The lowest BCUT2D eigenvalue weighted by Crippen LogP contribution is -2.26. The van der Waals surface area contributed by atoms with E-state index in [9.17, 15) is 0 Å². The predicted octanol–water partition coefficient (Wildman–Crippen LogP) is 4.62. The molecule has 0 spiro atoms. The molecule has 7 nitrogen and oxygen atoms in total. The molecule has 0 amide bonds. The number of benzene rings is 2. The number of pyridine rings is 1. The highest BCUT2D eigenvalue weighted by Crippen LogP contribution is 2.34. The molecule has 0 saturated heterocycles. The van der Waals surface area contributed by atoms with E-state index in [0.717, 1.165) is 58.9 Å². The Balaban J connectivity index is 0.00000245. The number of hydrogen-bond donors (Lipinski definition) is 1. The summed E-state index contributed by atoms with van der Waals surface area (Å²) in [5.74, 6) is 2.65. The van der Waals surface area contributed by atoms with E-state index < -0.39 is 0 Å². The summed E-state index contributed by atoms with van der Waals surface area (Å²) in [6.45, 7) is 3.58. The number of anilines is 1. The molecular formula is C24H25ClN6O. The van der Waals surface area contributed by atoms with Gasteiger partial charge in [-0.05, 0) is 46.9 Å². The lowest BCUT2D eigenvalue weighted by molar-refractivity contribution is 0.301. The summed E-state index contributed by atoms with van der Waals surface area (Å²) in [5, 5.41) is 14.3. The van der Waals surface area contributed by atoms with Crippen LogP contribution in [0.15, 0.2) is 54.6 Å². The van der Waals surface area contributed by atoms with Gasteiger partial charge in [0.1, 0.15) is 18.2 Å². The number of halogens is 1. The fourth-order valence-corrected chi connectivity index (χ4v) is 4.09. The maximum atomic E-state index is 6.25. The van der Waals surface area contributed by atoms with Gasteiger partial charge in [-0.3, -0.25) is 0 Å². The maximum absolute atomic E-state index is 6.25. The van der Waals surface area contributed by atoms with Crippen LogP contribution in [0.4, 0.5) is 5.82 Å². The first kappa shape index (κ1) is 21.8. The topological polar surface area (TPSA) is 79.8 Å². The Labute approximate surface area is 193 Å². The molecule has 1 N–H and O–H groups in total. The average Bonchev–Trinajstić information content (AvgIpc) is 3.33. The van der Waals surface area contributed by atoms with E-state index in [1.807, 2.05) is 31.2 Å². The molecule has 2 aromatic heterocycles. The van der Waals surface area contributed by atoms with Gasteiger partial charge in [-0.25, -0.2) is 10.1 Å². The van der Waals surface area contributed by atoms with Crippen LogP contribution in [0, 0.1) is 6.92 Å². The molecule has 0 atom stereocenters. The van der Waals surface area contributed by atoms with E-state index >= 15 is 0 Å². The Bertz CT molecular complexity index is 1190. The third-order valence-electron chi connectivity index (χ3n) is 5.66. The van der Waals surface area contributed by atoms with Gasteiger partial charge < -0.3 is 9.64 Å². The van der Waals surface area contributed by atoms with Gasteiger partial charge in [-0.2, -0.15) is 0 Å². The zero-order valence-electron chi connectivity index (χ0n) is 18.1. The lowest BCUT2D eigenvalue weighted by atomic mass is 9.98. The van der Waals surface area contributed by atoms with E-state index in [1.165, 1.54) is 5.56 Å². The summed E-state index contributed by atoms with van der Waals surface area (Å²) >= 11 is 0. The molecule has 0 aliphatic carbocycles. The minimum Gasteiger partial charge on any atom is -0.488 e. The van der Waals surface area contributed by atoms with Gasteiger partial charge in [0.2, 0.25) is 0 Å². The molecule has 0 bridgehead atoms. The minimum atomic E-state index is 0. The normalized spacial score (nSPS) is 12.8. The fraction of sp³-hybridized carbons (Fsp3) is 0.250. The third kappa shape index (κ3) is 4.29. The Morgan fingerprint density at radius 1 is 1.06 bits per heavy atom. The smallest absolute Gasteiger partial charge is 0.180 e. The van der Waals surface area contributed by atoms with Crippen LogP contribution in [-0.4, -0.2) is 39.2 Å². The van der Waals surface area contributed by atoms with E-state index in [-0.39, 0.29) is 12.4 Å². The van der Waals surface area contributed by atoms with Gasteiger partial charge >= 0.3 is 0 Å². The summed E-state index contributed by atoms with van der Waals surface area (Å²) < 4.78 is 6.25. The molecule has 1 aliphatic heterocycles. The summed E-state index contributed by atoms with van der Waals surface area (Å²) in [6, 6.07) is 18.6. The van der Waals surface area contributed by atoms with Crippen molar-refractivity contribution in [2.24, 2.45) is 0 Å². The second-order valence-electron chi connectivity index (χ2n) is 7.87. The highest BCUT2D eigenvalue weighted by atomic mass is 35.5. The van der Waals surface area contributed by atoms with Crippen LogP contribution in [0.3, 0.4) is 0 Å². The monoisotopic (exact) mass is 448 g/mol. The predicted molar refractivity (Wildman–Crippen MR) is 127 cm³/mol. The molecule has 0 saturated carbocycles. The van der Waals surface area contributed by atoms with Crippen LogP contribution in [0.5, 0.6) is 5.75 Å². The number of fused-ring (bicyclic) bond motifs is 1. The van der Waals surface area contributed by atoms with Crippen molar-refractivity contribution in [3.63, 3.8) is 0 Å². The van der Waals surface area contributed by atoms with Crippen molar-refractivity contribution in [1.82, 2.24) is 25.6 Å². The van der Waals surface area contributed by atoms with E-state index in [0.29, 0.717) is 12.4 Å². The first-order valence-electron chi connectivity index (χ1n) is 10.5. The van der Waals surface area contributed by atoms with Crippen LogP contribution >= 0.6 is 12.4 Å². The van der Waals surface area contributed by atoms with Crippen molar-refractivity contribution >= 4 is 18.2 Å². The van der Waals surface area contributed by atoms with Gasteiger partial charge in [0, 0.05) is 36.5 Å². The van der Waals surface area contributed by atoms with Crippen molar-refractivity contribution < 1.29 is 4.74 Å². The molecule has 164 valence electrons. The van der Waals surface area contributed by atoms with Gasteiger partial charge in [-0.15, -0.1) is 17.5 Å². The van der Waals surface area contributed by atoms with Crippen molar-refractivity contribution in [3.8, 4) is 28.3 Å². The molecule has 3 heterocycles. The van der Waals surface area contributed by atoms with Crippen molar-refractivity contribution in [3.05, 3.63) is 71.4 Å². The minimum absolute atomic E-state index is 0. The van der Waals surface area contributed by atoms with E-state index in [1.54, 1.807) is 0 Å². The molecule has 0 radical (unpaired) electrons. The molecule has 2 aromatic carbocycles. The molecule has 32 heavy (non-hydrogen) atoms. The molecule has 5 rings (SSSR count). The van der Waals surface area contributed by atoms with E-state index in [4.69, 9.17) is 9.72 Å². The van der Waals surface area contributed by atoms with Crippen LogP contribution in [-0.2, 0) is 13.0 Å². The number of nitrogens with zero attached hydrogens (tertiary/aromatic N) is 5. The molecule has 1 aliphatic rings. The molecule has 4 aromatic rings. The fourth-order valence-electron chi connectivity index (χ4n) is 4.09. The Hall–Kier alpha value is -3.45. The first-order chi connectivity index (χ1) is 15.2. The summed E-state index contributed by atoms with van der Waals surface area (Å²) in [5.41, 5.74) is 6.47. The number of aryl methyl sites for hydroxylation is 1. The summed E-state index contributed by atoms with van der Waals surface area (Å²) in [7, 11) is 2.10. The molecule has 8 heteroatoms. The highest BCUT2D eigenvalue weighted by Gasteiger charge is 2.20. The SMILES string of the molecule is Cc1cc(OCc2ccc(-c3ccccc3-c3nnn[nH]3)cc2)c2c(n1)N(C)CCC2.Cl. The number of H-pyrrole nitrogens is 1. The highest BCUT2D eigenvalue weighted by molar-refractivity contribution is 5.85. The second-order valence-corrected chi connectivity index (χ2v) is 7.87. The standard InChI is InChI=1S/C24H24N6O.ClH/c1-16-14-22(21-8-5-13-30(2)24(21)25-16)31-15-17-9-11-18(12-10-17)19-6-3-4-7-20(19)23-26-28-29-27-23;/h3-4,6-7,9-12,14H,5,8,13,15H2,1-2H3,(H,26,27,28,29);1H. The first-order valence-corrected chi connectivity index (χ1v) is 10.5. The Morgan fingerprint density at radius 2 is 1.84 bits per heavy atom. The van der Waals surface area contributed by atoms with Gasteiger partial charge in [0.05, 0.1) is 0 Å². The zero-order valence-corrected chi connectivity index (χ0v) is 18.9. The van der Waals surface area contributed by atoms with Gasteiger partial charge in [0.25, 0.3) is 0 Å². The van der Waals surface area contributed by atoms with Crippen LogP contribution in [0.2, 0.25) is 0 Å². The third-order valence-corrected chi connectivity index (χ3v) is 5.66. The maximum Gasteiger partial charge on any atom is 0.180 e. The number of aromatic nitrogens is 5. The Morgan fingerprint density at radius 3 is 2.59 bits per heavy atom. The number of nitrogens with one attached hydrogen (secondary N) is 1. The number of aromatic amines is 1. The number of hydrogen-bond acceptors (Lipinski definition) is 6. The quantitative estimate of drug-likeness (QED) is 0.480. The summed E-state index contributed by atoms with van der Waals surface area (Å²) in [6.07, 6.45) is 2.13. The number of tetrazole rings is 1. The largest absolute Gasteiger partial charge is 0.488 e. The molecular weight excluding hydrogens is 424 g/mol. The van der Waals surface area contributed by atoms with Crippen molar-refractivity contribution in [1.29, 1.82) is 0 Å². The van der Waals surface area contributed by atoms with Crippen molar-refractivity contribution in [2.75, 3.05) is 18.5 Å². The summed E-state index contributed by atoms with van der Waals surface area (Å²) in [4.78, 5) is 6.93. The Kier molecular flexibility index (Phi) is 6.37. The van der Waals surface area contributed by atoms with Gasteiger partial charge in [0.15, 0.2) is 5.82 Å². The van der Waals surface area contributed by atoms with Crippen LogP contribution in [0.1, 0.15) is 23.2 Å². The van der Waals surface area contributed by atoms with E-state index in [2.05, 4.69) is 62.9 Å². The lowest BCUT2D eigenvalue weighted by Gasteiger charge is -2.28. The molecule has 0 unspecified atom stereocenters. The van der Waals surface area contributed by atoms with Crippen LogP contribution < -0.4 is 9.64 Å². The van der Waals surface area contributed by atoms with Crippen molar-refractivity contribution in [2.45, 2.75) is 26.4 Å². The second kappa shape index (κ2) is 9.36.